The van der Waals surface area contributed by atoms with E-state index in [0.29, 0.717) is 18.8 Å². The van der Waals surface area contributed by atoms with Crippen LogP contribution in [0.1, 0.15) is 30.8 Å². The Kier molecular flexibility index (Phi) is 5.67. The molecule has 6 nitrogen and oxygen atoms in total. The van der Waals surface area contributed by atoms with Crippen molar-refractivity contribution in [2.45, 2.75) is 52.0 Å². The topological polar surface area (TPSA) is 60.2 Å². The standard InChI is InChI=1S/C19H26N4O2S/c1-12-6-7-13(2)17(8-12)23-16(5)20-21-19(23)26-11-18(24)22-9-14(3)25-15(4)10-22/h6-8,14-15H,9-11H2,1-5H3. The Hall–Kier alpha value is -1.86. The van der Waals surface area contributed by atoms with E-state index >= 15 is 0 Å². The van der Waals surface area contributed by atoms with Gasteiger partial charge in [-0.05, 0) is 51.8 Å². The summed E-state index contributed by atoms with van der Waals surface area (Å²) in [6, 6.07) is 6.32. The first-order valence-electron chi connectivity index (χ1n) is 8.91. The summed E-state index contributed by atoms with van der Waals surface area (Å²) in [6.45, 7) is 11.4. The molecule has 3 rings (SSSR count). The second-order valence-electron chi connectivity index (χ2n) is 7.00. The SMILES string of the molecule is Cc1ccc(C)c(-n2c(C)nnc2SCC(=O)N2CC(C)OC(C)C2)c1. The minimum absolute atomic E-state index is 0.0774. The molecule has 0 radical (unpaired) electrons. The van der Waals surface area contributed by atoms with Crippen molar-refractivity contribution in [2.24, 2.45) is 0 Å². The lowest BCUT2D eigenvalue weighted by Crippen LogP contribution is -2.48. The van der Waals surface area contributed by atoms with Gasteiger partial charge in [-0.15, -0.1) is 10.2 Å². The van der Waals surface area contributed by atoms with Gasteiger partial charge in [0.05, 0.1) is 23.6 Å². The molecular weight excluding hydrogens is 348 g/mol. The van der Waals surface area contributed by atoms with Gasteiger partial charge < -0.3 is 9.64 Å². The van der Waals surface area contributed by atoms with E-state index < -0.39 is 0 Å². The summed E-state index contributed by atoms with van der Waals surface area (Å²) in [5.74, 6) is 1.29. The van der Waals surface area contributed by atoms with Crippen molar-refractivity contribution in [1.82, 2.24) is 19.7 Å². The molecule has 1 saturated heterocycles. The molecular formula is C19H26N4O2S. The lowest BCUT2D eigenvalue weighted by Gasteiger charge is -2.35. The highest BCUT2D eigenvalue weighted by Crippen LogP contribution is 2.25. The molecule has 1 aliphatic heterocycles. The van der Waals surface area contributed by atoms with E-state index in [1.807, 2.05) is 30.2 Å². The van der Waals surface area contributed by atoms with Crippen LogP contribution >= 0.6 is 11.8 Å². The number of amides is 1. The molecule has 0 aliphatic carbocycles. The summed E-state index contributed by atoms with van der Waals surface area (Å²) < 4.78 is 7.74. The number of ether oxygens (including phenoxy) is 1. The fourth-order valence-corrected chi connectivity index (χ4v) is 4.17. The van der Waals surface area contributed by atoms with Gasteiger partial charge in [0, 0.05) is 13.1 Å². The third kappa shape index (κ3) is 4.10. The van der Waals surface area contributed by atoms with Crippen LogP contribution < -0.4 is 0 Å². The smallest absolute Gasteiger partial charge is 0.233 e. The Morgan fingerprint density at radius 1 is 1.19 bits per heavy atom. The van der Waals surface area contributed by atoms with Crippen LogP contribution in [0.5, 0.6) is 0 Å². The Morgan fingerprint density at radius 3 is 2.58 bits per heavy atom. The summed E-state index contributed by atoms with van der Waals surface area (Å²) in [5.41, 5.74) is 3.40. The van der Waals surface area contributed by atoms with Crippen LogP contribution in [0.25, 0.3) is 5.69 Å². The number of aryl methyl sites for hydroxylation is 3. The zero-order chi connectivity index (χ0) is 18.8. The van der Waals surface area contributed by atoms with Gasteiger partial charge in [-0.2, -0.15) is 0 Å². The van der Waals surface area contributed by atoms with E-state index in [4.69, 9.17) is 4.74 Å². The van der Waals surface area contributed by atoms with Crippen molar-refractivity contribution in [1.29, 1.82) is 0 Å². The van der Waals surface area contributed by atoms with Crippen LogP contribution in [0.2, 0.25) is 0 Å². The molecule has 0 N–H and O–H groups in total. The summed E-state index contributed by atoms with van der Waals surface area (Å²) in [5, 5.41) is 9.26. The first-order chi connectivity index (χ1) is 12.3. The van der Waals surface area contributed by atoms with Gasteiger partial charge >= 0.3 is 0 Å². The number of hydrogen-bond acceptors (Lipinski definition) is 5. The van der Waals surface area contributed by atoms with Crippen molar-refractivity contribution in [3.63, 3.8) is 0 Å². The quantitative estimate of drug-likeness (QED) is 0.770. The van der Waals surface area contributed by atoms with E-state index in [2.05, 4.69) is 42.2 Å². The summed E-state index contributed by atoms with van der Waals surface area (Å²) >= 11 is 1.44. The second-order valence-corrected chi connectivity index (χ2v) is 7.94. The molecule has 2 atom stereocenters. The highest BCUT2D eigenvalue weighted by atomic mass is 32.2. The second kappa shape index (κ2) is 7.80. The van der Waals surface area contributed by atoms with Crippen molar-refractivity contribution in [3.8, 4) is 5.69 Å². The maximum absolute atomic E-state index is 12.6. The van der Waals surface area contributed by atoms with E-state index in [1.54, 1.807) is 0 Å². The van der Waals surface area contributed by atoms with Crippen LogP contribution in [0, 0.1) is 20.8 Å². The van der Waals surface area contributed by atoms with Crippen molar-refractivity contribution < 1.29 is 9.53 Å². The third-order valence-corrected chi connectivity index (χ3v) is 5.41. The van der Waals surface area contributed by atoms with Crippen LogP contribution in [-0.2, 0) is 9.53 Å². The van der Waals surface area contributed by atoms with Crippen molar-refractivity contribution >= 4 is 17.7 Å². The van der Waals surface area contributed by atoms with E-state index in [9.17, 15) is 4.79 Å². The number of thioether (sulfide) groups is 1. The van der Waals surface area contributed by atoms with E-state index in [-0.39, 0.29) is 18.1 Å². The molecule has 140 valence electrons. The number of carbonyl (C=O) groups excluding carboxylic acids is 1. The molecule has 2 aromatic rings. The highest BCUT2D eigenvalue weighted by Gasteiger charge is 2.26. The Balaban J connectivity index is 1.75. The Morgan fingerprint density at radius 2 is 1.88 bits per heavy atom. The number of benzene rings is 1. The van der Waals surface area contributed by atoms with Crippen LogP contribution in [-0.4, -0.2) is 56.6 Å². The fraction of sp³-hybridized carbons (Fsp3) is 0.526. The monoisotopic (exact) mass is 374 g/mol. The molecule has 0 saturated carbocycles. The number of hydrogen-bond donors (Lipinski definition) is 0. The normalized spacial score (nSPS) is 20.4. The van der Waals surface area contributed by atoms with Gasteiger partial charge in [0.1, 0.15) is 5.82 Å². The lowest BCUT2D eigenvalue weighted by atomic mass is 10.1. The maximum atomic E-state index is 12.6. The number of morpholine rings is 1. The van der Waals surface area contributed by atoms with Crippen molar-refractivity contribution in [2.75, 3.05) is 18.8 Å². The average molecular weight is 375 g/mol. The molecule has 1 aromatic carbocycles. The minimum atomic E-state index is 0.0774. The molecule has 2 heterocycles. The largest absolute Gasteiger partial charge is 0.372 e. The molecule has 1 aromatic heterocycles. The predicted octanol–water partition coefficient (Wildman–Crippen LogP) is 2.92. The highest BCUT2D eigenvalue weighted by molar-refractivity contribution is 7.99. The van der Waals surface area contributed by atoms with E-state index in [0.717, 1.165) is 22.2 Å². The van der Waals surface area contributed by atoms with Crippen LogP contribution in [0.3, 0.4) is 0 Å². The van der Waals surface area contributed by atoms with E-state index in [1.165, 1.54) is 17.3 Å². The number of rotatable bonds is 4. The lowest BCUT2D eigenvalue weighted by molar-refractivity contribution is -0.140. The zero-order valence-corrected chi connectivity index (χ0v) is 16.8. The first-order valence-corrected chi connectivity index (χ1v) is 9.89. The number of carbonyl (C=O) groups is 1. The van der Waals surface area contributed by atoms with Crippen LogP contribution in [0.4, 0.5) is 0 Å². The molecule has 1 aliphatic rings. The molecule has 1 amide bonds. The minimum Gasteiger partial charge on any atom is -0.372 e. The van der Waals surface area contributed by atoms with Crippen molar-refractivity contribution in [3.05, 3.63) is 35.2 Å². The van der Waals surface area contributed by atoms with Gasteiger partial charge in [0.2, 0.25) is 5.91 Å². The molecule has 1 fully saturated rings. The summed E-state index contributed by atoms with van der Waals surface area (Å²) in [4.78, 5) is 14.5. The molecule has 0 bridgehead atoms. The predicted molar refractivity (Wildman–Crippen MR) is 103 cm³/mol. The summed E-state index contributed by atoms with van der Waals surface area (Å²) in [7, 11) is 0. The molecule has 26 heavy (non-hydrogen) atoms. The molecule has 2 unspecified atom stereocenters. The molecule has 0 spiro atoms. The third-order valence-electron chi connectivity index (χ3n) is 4.50. The van der Waals surface area contributed by atoms with Gasteiger partial charge in [-0.1, -0.05) is 23.9 Å². The summed E-state index contributed by atoms with van der Waals surface area (Å²) in [6.07, 6.45) is 0.155. The van der Waals surface area contributed by atoms with Gasteiger partial charge in [-0.25, -0.2) is 0 Å². The number of nitrogens with zero attached hydrogens (tertiary/aromatic N) is 4. The fourth-order valence-electron chi connectivity index (χ4n) is 3.27. The average Bonchev–Trinajstić information content (AvgIpc) is 2.94. The van der Waals surface area contributed by atoms with Gasteiger partial charge in [0.25, 0.3) is 0 Å². The number of aromatic nitrogens is 3. The van der Waals surface area contributed by atoms with Gasteiger partial charge in [0.15, 0.2) is 5.16 Å². The Labute approximate surface area is 158 Å². The first kappa shape index (κ1) is 18.9. The Bertz CT molecular complexity index is 795. The maximum Gasteiger partial charge on any atom is 0.233 e. The molecule has 7 heteroatoms. The van der Waals surface area contributed by atoms with Crippen LogP contribution in [0.15, 0.2) is 23.4 Å². The van der Waals surface area contributed by atoms with Gasteiger partial charge in [-0.3, -0.25) is 9.36 Å². The zero-order valence-electron chi connectivity index (χ0n) is 16.0.